The van der Waals surface area contributed by atoms with E-state index < -0.39 is 11.9 Å². The molecule has 1 N–H and O–H groups in total. The van der Waals surface area contributed by atoms with Gasteiger partial charge in [-0.1, -0.05) is 5.16 Å². The van der Waals surface area contributed by atoms with Crippen molar-refractivity contribution in [3.63, 3.8) is 0 Å². The molecule has 0 amide bonds. The highest BCUT2D eigenvalue weighted by Crippen LogP contribution is 2.47. The van der Waals surface area contributed by atoms with E-state index in [1.807, 2.05) is 0 Å². The van der Waals surface area contributed by atoms with Gasteiger partial charge in [0.25, 0.3) is 0 Å². The Labute approximate surface area is 77.5 Å². The fraction of sp³-hybridized carbons (Fsp3) is 0.500. The molecule has 0 aliphatic heterocycles. The number of carboxylic acid groups (broad SMARTS) is 1. The normalized spacial score (nSPS) is 20.4. The first-order valence-electron chi connectivity index (χ1n) is 4.06. The van der Waals surface area contributed by atoms with Crippen LogP contribution in [0.3, 0.4) is 0 Å². The third-order valence-electron chi connectivity index (χ3n) is 2.25. The maximum absolute atomic E-state index is 12.5. The highest BCUT2D eigenvalue weighted by atomic mass is 19.3. The van der Waals surface area contributed by atoms with Crippen LogP contribution in [-0.2, 0) is 0 Å². The average Bonchev–Trinajstić information content (AvgIpc) is 2.47. The van der Waals surface area contributed by atoms with Crippen molar-refractivity contribution in [3.05, 3.63) is 17.5 Å². The molecule has 0 atom stereocenters. The second-order valence-electron chi connectivity index (χ2n) is 3.38. The molecular formula is C8H7F2NO3. The molecule has 0 spiro atoms. The summed E-state index contributed by atoms with van der Waals surface area (Å²) in [5.41, 5.74) is 0.299. The van der Waals surface area contributed by atoms with Crippen molar-refractivity contribution in [1.29, 1.82) is 0 Å². The Morgan fingerprint density at radius 2 is 2.29 bits per heavy atom. The predicted octanol–water partition coefficient (Wildman–Crippen LogP) is 1.89. The first-order chi connectivity index (χ1) is 6.48. The topological polar surface area (TPSA) is 63.3 Å². The molecule has 1 fully saturated rings. The number of carboxylic acids is 1. The lowest BCUT2D eigenvalue weighted by atomic mass is 9.79. The molecule has 0 unspecified atom stereocenters. The second kappa shape index (κ2) is 2.76. The largest absolute Gasteiger partial charge is 0.475 e. The van der Waals surface area contributed by atoms with Crippen LogP contribution in [0, 0.1) is 0 Å². The van der Waals surface area contributed by atoms with Crippen LogP contribution in [-0.4, -0.2) is 22.2 Å². The molecule has 4 nitrogen and oxygen atoms in total. The standard InChI is InChI=1S/C8H7F2NO3/c9-8(10)2-4(3-8)5-1-6(7(12)13)14-11-5/h1,4H,2-3H2,(H,12,13). The van der Waals surface area contributed by atoms with Crippen molar-refractivity contribution in [2.45, 2.75) is 24.7 Å². The minimum absolute atomic E-state index is 0.279. The van der Waals surface area contributed by atoms with Gasteiger partial charge in [0.15, 0.2) is 0 Å². The molecule has 2 rings (SSSR count). The summed E-state index contributed by atoms with van der Waals surface area (Å²) in [5.74, 6) is -4.56. The SMILES string of the molecule is O=C(O)c1cc(C2CC(F)(F)C2)no1. The van der Waals surface area contributed by atoms with Crippen LogP contribution in [0.15, 0.2) is 10.6 Å². The molecule has 0 radical (unpaired) electrons. The number of aromatic nitrogens is 1. The van der Waals surface area contributed by atoms with Crippen molar-refractivity contribution < 1.29 is 23.2 Å². The average molecular weight is 203 g/mol. The van der Waals surface area contributed by atoms with Crippen LogP contribution in [0.5, 0.6) is 0 Å². The quantitative estimate of drug-likeness (QED) is 0.797. The van der Waals surface area contributed by atoms with Crippen LogP contribution in [0.2, 0.25) is 0 Å². The molecule has 14 heavy (non-hydrogen) atoms. The molecule has 1 aliphatic rings. The summed E-state index contributed by atoms with van der Waals surface area (Å²) in [6, 6.07) is 1.20. The summed E-state index contributed by atoms with van der Waals surface area (Å²) < 4.78 is 29.4. The Morgan fingerprint density at radius 3 is 2.71 bits per heavy atom. The first-order valence-corrected chi connectivity index (χ1v) is 4.06. The number of carbonyl (C=O) groups is 1. The highest BCUT2D eigenvalue weighted by Gasteiger charge is 2.47. The van der Waals surface area contributed by atoms with Crippen LogP contribution >= 0.6 is 0 Å². The number of nitrogens with zero attached hydrogens (tertiary/aromatic N) is 1. The van der Waals surface area contributed by atoms with Crippen molar-refractivity contribution in [2.75, 3.05) is 0 Å². The van der Waals surface area contributed by atoms with E-state index in [2.05, 4.69) is 9.68 Å². The molecule has 0 aromatic carbocycles. The number of rotatable bonds is 2. The van der Waals surface area contributed by atoms with Crippen LogP contribution in [0.25, 0.3) is 0 Å². The molecule has 6 heteroatoms. The van der Waals surface area contributed by atoms with Gasteiger partial charge in [-0.3, -0.25) is 0 Å². The molecule has 1 aromatic rings. The second-order valence-corrected chi connectivity index (χ2v) is 3.38. The van der Waals surface area contributed by atoms with E-state index in [9.17, 15) is 13.6 Å². The molecular weight excluding hydrogens is 196 g/mol. The Kier molecular flexibility index (Phi) is 1.80. The van der Waals surface area contributed by atoms with Crippen molar-refractivity contribution in [1.82, 2.24) is 5.16 Å². The van der Waals surface area contributed by atoms with Gasteiger partial charge in [0.1, 0.15) is 0 Å². The van der Waals surface area contributed by atoms with Crippen molar-refractivity contribution >= 4 is 5.97 Å². The number of alkyl halides is 2. The molecule has 1 saturated carbocycles. The number of halogens is 2. The van der Waals surface area contributed by atoms with Gasteiger partial charge in [-0.15, -0.1) is 0 Å². The molecule has 1 aliphatic carbocycles. The summed E-state index contributed by atoms with van der Waals surface area (Å²) in [5, 5.41) is 11.9. The van der Waals surface area contributed by atoms with Gasteiger partial charge in [-0.05, 0) is 0 Å². The van der Waals surface area contributed by atoms with Gasteiger partial charge in [-0.25, -0.2) is 13.6 Å². The van der Waals surface area contributed by atoms with Crippen LogP contribution < -0.4 is 0 Å². The summed E-state index contributed by atoms with van der Waals surface area (Å²) in [6.07, 6.45) is -0.558. The fourth-order valence-corrected chi connectivity index (χ4v) is 1.45. The fourth-order valence-electron chi connectivity index (χ4n) is 1.45. The lowest BCUT2D eigenvalue weighted by Crippen LogP contribution is -2.33. The summed E-state index contributed by atoms with van der Waals surface area (Å²) in [7, 11) is 0. The highest BCUT2D eigenvalue weighted by molar-refractivity contribution is 5.84. The van der Waals surface area contributed by atoms with Gasteiger partial charge in [0.05, 0.1) is 5.69 Å². The zero-order chi connectivity index (χ0) is 10.3. The number of hydrogen-bond donors (Lipinski definition) is 1. The summed E-state index contributed by atoms with van der Waals surface area (Å²) >= 11 is 0. The third kappa shape index (κ3) is 1.47. The van der Waals surface area contributed by atoms with Gasteiger partial charge < -0.3 is 9.63 Å². The minimum atomic E-state index is -2.63. The molecule has 1 heterocycles. The third-order valence-corrected chi connectivity index (χ3v) is 2.25. The Balaban J connectivity index is 2.08. The van der Waals surface area contributed by atoms with Gasteiger partial charge in [-0.2, -0.15) is 0 Å². The van der Waals surface area contributed by atoms with E-state index in [0.29, 0.717) is 5.69 Å². The Hall–Kier alpha value is -1.46. The predicted molar refractivity (Wildman–Crippen MR) is 40.4 cm³/mol. The van der Waals surface area contributed by atoms with Crippen LogP contribution in [0.1, 0.15) is 35.0 Å². The van der Waals surface area contributed by atoms with Gasteiger partial charge in [0, 0.05) is 24.8 Å². The first kappa shape index (κ1) is 9.11. The monoisotopic (exact) mass is 203 g/mol. The van der Waals surface area contributed by atoms with E-state index in [0.717, 1.165) is 0 Å². The van der Waals surface area contributed by atoms with Crippen molar-refractivity contribution in [3.8, 4) is 0 Å². The molecule has 0 saturated heterocycles. The maximum atomic E-state index is 12.5. The van der Waals surface area contributed by atoms with E-state index in [1.54, 1.807) is 0 Å². The minimum Gasteiger partial charge on any atom is -0.475 e. The van der Waals surface area contributed by atoms with E-state index in [-0.39, 0.29) is 24.5 Å². The van der Waals surface area contributed by atoms with Crippen LogP contribution in [0.4, 0.5) is 8.78 Å². The van der Waals surface area contributed by atoms with E-state index in [4.69, 9.17) is 5.11 Å². The van der Waals surface area contributed by atoms with E-state index >= 15 is 0 Å². The molecule has 0 bridgehead atoms. The molecule has 76 valence electrons. The number of hydrogen-bond acceptors (Lipinski definition) is 3. The lowest BCUT2D eigenvalue weighted by molar-refractivity contribution is -0.0880. The summed E-state index contributed by atoms with van der Waals surface area (Å²) in [6.45, 7) is 0. The van der Waals surface area contributed by atoms with Gasteiger partial charge >= 0.3 is 5.97 Å². The van der Waals surface area contributed by atoms with Gasteiger partial charge in [0.2, 0.25) is 11.7 Å². The molecule has 1 aromatic heterocycles. The van der Waals surface area contributed by atoms with Crippen molar-refractivity contribution in [2.24, 2.45) is 0 Å². The maximum Gasteiger partial charge on any atom is 0.374 e. The number of aromatic carboxylic acids is 1. The van der Waals surface area contributed by atoms with E-state index in [1.165, 1.54) is 6.07 Å². The smallest absolute Gasteiger partial charge is 0.374 e. The Morgan fingerprint density at radius 1 is 1.64 bits per heavy atom. The zero-order valence-electron chi connectivity index (χ0n) is 7.04. The lowest BCUT2D eigenvalue weighted by Gasteiger charge is -2.33. The summed E-state index contributed by atoms with van der Waals surface area (Å²) in [4.78, 5) is 10.4. The zero-order valence-corrected chi connectivity index (χ0v) is 7.04. The Bertz CT molecular complexity index is 366.